The summed E-state index contributed by atoms with van der Waals surface area (Å²) in [6.45, 7) is 6.73. The summed E-state index contributed by atoms with van der Waals surface area (Å²) >= 11 is 0. The van der Waals surface area contributed by atoms with E-state index in [4.69, 9.17) is 9.47 Å². The molecule has 0 bridgehead atoms. The van der Waals surface area contributed by atoms with Crippen molar-refractivity contribution in [1.82, 2.24) is 14.8 Å². The fraction of sp³-hybridized carbons (Fsp3) is 0.625. The number of nitrogens with one attached hydrogen (secondary N) is 1. The number of aromatic nitrogens is 1. The SMILES string of the molecule is O=C(C1CCCCC1)N1CCc2[nH]c3c(OCCN4CCOCC4)cccc3c2C1. The maximum Gasteiger partial charge on any atom is 0.225 e. The summed E-state index contributed by atoms with van der Waals surface area (Å²) in [5.74, 6) is 1.53. The quantitative estimate of drug-likeness (QED) is 0.820. The van der Waals surface area contributed by atoms with Crippen molar-refractivity contribution in [3.63, 3.8) is 0 Å². The molecule has 1 N–H and O–H groups in total. The highest BCUT2D eigenvalue weighted by atomic mass is 16.5. The lowest BCUT2D eigenvalue weighted by atomic mass is 9.87. The molecule has 2 aliphatic heterocycles. The monoisotopic (exact) mass is 411 g/mol. The third kappa shape index (κ3) is 4.08. The zero-order valence-electron chi connectivity index (χ0n) is 17.8. The molecule has 6 heteroatoms. The summed E-state index contributed by atoms with van der Waals surface area (Å²) in [6, 6.07) is 6.28. The van der Waals surface area contributed by atoms with Gasteiger partial charge in [-0.2, -0.15) is 0 Å². The lowest BCUT2D eigenvalue weighted by Gasteiger charge is -2.32. The number of carbonyl (C=O) groups is 1. The zero-order valence-corrected chi connectivity index (χ0v) is 17.8. The normalized spacial score (nSPS) is 21.0. The smallest absolute Gasteiger partial charge is 0.225 e. The van der Waals surface area contributed by atoms with Crippen molar-refractivity contribution in [2.45, 2.75) is 45.1 Å². The summed E-state index contributed by atoms with van der Waals surface area (Å²) in [6.07, 6.45) is 6.72. The minimum Gasteiger partial charge on any atom is -0.490 e. The third-order valence-electron chi connectivity index (χ3n) is 7.01. The molecule has 5 rings (SSSR count). The van der Waals surface area contributed by atoms with E-state index in [9.17, 15) is 4.79 Å². The molecule has 1 aromatic carbocycles. The lowest BCUT2D eigenvalue weighted by Crippen LogP contribution is -2.40. The molecule has 2 aromatic rings. The van der Waals surface area contributed by atoms with Crippen LogP contribution in [0.4, 0.5) is 0 Å². The fourth-order valence-electron chi connectivity index (χ4n) is 5.24. The van der Waals surface area contributed by atoms with Crippen molar-refractivity contribution in [2.24, 2.45) is 5.92 Å². The van der Waals surface area contributed by atoms with Crippen LogP contribution in [0.2, 0.25) is 0 Å². The van der Waals surface area contributed by atoms with E-state index < -0.39 is 0 Å². The highest BCUT2D eigenvalue weighted by molar-refractivity contribution is 5.90. The molecule has 0 spiro atoms. The van der Waals surface area contributed by atoms with Crippen LogP contribution in [0.3, 0.4) is 0 Å². The number of amides is 1. The highest BCUT2D eigenvalue weighted by Gasteiger charge is 2.30. The molecule has 0 unspecified atom stereocenters. The highest BCUT2D eigenvalue weighted by Crippen LogP contribution is 2.34. The van der Waals surface area contributed by atoms with Crippen molar-refractivity contribution >= 4 is 16.8 Å². The molecule has 1 saturated heterocycles. The first-order valence-electron chi connectivity index (χ1n) is 11.6. The minimum absolute atomic E-state index is 0.240. The van der Waals surface area contributed by atoms with Crippen molar-refractivity contribution < 1.29 is 14.3 Å². The maximum absolute atomic E-state index is 13.1. The van der Waals surface area contributed by atoms with Gasteiger partial charge in [0.05, 0.1) is 18.7 Å². The number of hydrogen-bond acceptors (Lipinski definition) is 4. The topological polar surface area (TPSA) is 57.8 Å². The number of aromatic amines is 1. The van der Waals surface area contributed by atoms with Crippen molar-refractivity contribution in [3.05, 3.63) is 29.5 Å². The number of hydrogen-bond donors (Lipinski definition) is 1. The van der Waals surface area contributed by atoms with E-state index >= 15 is 0 Å². The van der Waals surface area contributed by atoms with E-state index in [1.807, 2.05) is 0 Å². The summed E-state index contributed by atoms with van der Waals surface area (Å²) in [7, 11) is 0. The number of nitrogens with zero attached hydrogens (tertiary/aromatic N) is 2. The molecule has 1 amide bonds. The number of morpholine rings is 1. The van der Waals surface area contributed by atoms with Gasteiger partial charge in [0.1, 0.15) is 12.4 Å². The first kappa shape index (κ1) is 19.9. The number of carbonyl (C=O) groups excluding carboxylic acids is 1. The van der Waals surface area contributed by atoms with Gasteiger partial charge < -0.3 is 19.4 Å². The van der Waals surface area contributed by atoms with Crippen LogP contribution in [0.1, 0.15) is 43.4 Å². The Morgan fingerprint density at radius 1 is 1.13 bits per heavy atom. The van der Waals surface area contributed by atoms with Gasteiger partial charge >= 0.3 is 0 Å². The molecular weight excluding hydrogens is 378 g/mol. The van der Waals surface area contributed by atoms with Gasteiger partial charge in [0, 0.05) is 61.7 Å². The molecular formula is C24H33N3O3. The second kappa shape index (κ2) is 8.98. The van der Waals surface area contributed by atoms with Crippen LogP contribution in [-0.4, -0.2) is 66.7 Å². The predicted octanol–water partition coefficient (Wildman–Crippen LogP) is 3.34. The molecule has 162 valence electrons. The molecule has 1 aromatic heterocycles. The largest absolute Gasteiger partial charge is 0.490 e. The molecule has 1 saturated carbocycles. The van der Waals surface area contributed by atoms with Gasteiger partial charge in [-0.05, 0) is 18.9 Å². The van der Waals surface area contributed by atoms with Gasteiger partial charge in [-0.25, -0.2) is 0 Å². The van der Waals surface area contributed by atoms with Crippen LogP contribution in [-0.2, 0) is 22.5 Å². The molecule has 30 heavy (non-hydrogen) atoms. The predicted molar refractivity (Wildman–Crippen MR) is 117 cm³/mol. The molecule has 3 heterocycles. The van der Waals surface area contributed by atoms with Gasteiger partial charge in [-0.1, -0.05) is 31.4 Å². The van der Waals surface area contributed by atoms with Gasteiger partial charge in [0.25, 0.3) is 0 Å². The van der Waals surface area contributed by atoms with Crippen molar-refractivity contribution in [1.29, 1.82) is 0 Å². The van der Waals surface area contributed by atoms with E-state index in [1.54, 1.807) is 0 Å². The Morgan fingerprint density at radius 3 is 2.80 bits per heavy atom. The maximum atomic E-state index is 13.1. The standard InChI is InChI=1S/C24H33N3O3/c28-24(18-5-2-1-3-6-18)27-10-9-21-20(17-27)19-7-4-8-22(23(19)25-21)30-16-13-26-11-14-29-15-12-26/h4,7-8,18,25H,1-3,5-6,9-17H2. The Balaban J connectivity index is 1.28. The number of para-hydroxylation sites is 1. The molecule has 1 aliphatic carbocycles. The van der Waals surface area contributed by atoms with Gasteiger partial charge in [0.15, 0.2) is 0 Å². The molecule has 0 radical (unpaired) electrons. The molecule has 3 aliphatic rings. The van der Waals surface area contributed by atoms with Crippen molar-refractivity contribution in [2.75, 3.05) is 46.0 Å². The zero-order chi connectivity index (χ0) is 20.3. The van der Waals surface area contributed by atoms with E-state index in [2.05, 4.69) is 33.0 Å². The summed E-state index contributed by atoms with van der Waals surface area (Å²) < 4.78 is 11.6. The molecule has 0 atom stereocenters. The van der Waals surface area contributed by atoms with Gasteiger partial charge in [0.2, 0.25) is 5.91 Å². The first-order valence-corrected chi connectivity index (χ1v) is 11.6. The van der Waals surface area contributed by atoms with Crippen LogP contribution >= 0.6 is 0 Å². The second-order valence-electron chi connectivity index (χ2n) is 8.91. The minimum atomic E-state index is 0.240. The number of rotatable bonds is 5. The third-order valence-corrected chi connectivity index (χ3v) is 7.01. The first-order chi connectivity index (χ1) is 14.8. The number of benzene rings is 1. The van der Waals surface area contributed by atoms with Gasteiger partial charge in [-0.3, -0.25) is 9.69 Å². The summed E-state index contributed by atoms with van der Waals surface area (Å²) in [5, 5.41) is 1.20. The van der Waals surface area contributed by atoms with E-state index in [0.717, 1.165) is 76.5 Å². The average molecular weight is 412 g/mol. The van der Waals surface area contributed by atoms with Crippen LogP contribution < -0.4 is 4.74 Å². The number of fused-ring (bicyclic) bond motifs is 3. The van der Waals surface area contributed by atoms with Crippen LogP contribution in [0.25, 0.3) is 10.9 Å². The number of ether oxygens (including phenoxy) is 2. The fourth-order valence-corrected chi connectivity index (χ4v) is 5.24. The van der Waals surface area contributed by atoms with E-state index in [1.165, 1.54) is 35.9 Å². The van der Waals surface area contributed by atoms with Crippen LogP contribution in [0.5, 0.6) is 5.75 Å². The Morgan fingerprint density at radius 2 is 1.97 bits per heavy atom. The lowest BCUT2D eigenvalue weighted by molar-refractivity contribution is -0.137. The van der Waals surface area contributed by atoms with Gasteiger partial charge in [-0.15, -0.1) is 0 Å². The molecule has 6 nitrogen and oxygen atoms in total. The Kier molecular flexibility index (Phi) is 5.95. The average Bonchev–Trinajstić information content (AvgIpc) is 3.19. The van der Waals surface area contributed by atoms with E-state index in [-0.39, 0.29) is 5.92 Å². The number of H-pyrrole nitrogens is 1. The Labute approximate surface area is 178 Å². The second-order valence-corrected chi connectivity index (χ2v) is 8.91. The summed E-state index contributed by atoms with van der Waals surface area (Å²) in [5.41, 5.74) is 3.62. The summed E-state index contributed by atoms with van der Waals surface area (Å²) in [4.78, 5) is 21.2. The van der Waals surface area contributed by atoms with Crippen LogP contribution in [0, 0.1) is 5.92 Å². The van der Waals surface area contributed by atoms with Crippen LogP contribution in [0.15, 0.2) is 18.2 Å². The Hall–Kier alpha value is -2.05. The van der Waals surface area contributed by atoms with Crippen molar-refractivity contribution in [3.8, 4) is 5.75 Å². The molecule has 2 fully saturated rings. The van der Waals surface area contributed by atoms with E-state index in [0.29, 0.717) is 12.5 Å². The Bertz CT molecular complexity index is 881.